The molecule has 0 bridgehead atoms. The summed E-state index contributed by atoms with van der Waals surface area (Å²) >= 11 is 0. The number of ether oxygens (including phenoxy) is 2. The number of likely N-dealkylation sites (N-methyl/N-ethyl adjacent to an activating group) is 1. The molecule has 2 aromatic carbocycles. The molecule has 0 heterocycles. The molecule has 1 atom stereocenters. The number of hydrogen-bond acceptors (Lipinski definition) is 2. The van der Waals surface area contributed by atoms with Gasteiger partial charge in [0.15, 0.2) is 0 Å². The summed E-state index contributed by atoms with van der Waals surface area (Å²) < 4.78 is 12.6. The van der Waals surface area contributed by atoms with Gasteiger partial charge in [0.05, 0.1) is 27.3 Å². The van der Waals surface area contributed by atoms with Crippen LogP contribution in [0.1, 0.15) is 51.2 Å². The van der Waals surface area contributed by atoms with Crippen molar-refractivity contribution in [3.8, 4) is 5.75 Å². The van der Waals surface area contributed by atoms with Gasteiger partial charge in [-0.1, -0.05) is 70.2 Å². The molecule has 0 aromatic heterocycles. The van der Waals surface area contributed by atoms with Gasteiger partial charge in [-0.05, 0) is 41.9 Å². The lowest BCUT2D eigenvalue weighted by molar-refractivity contribution is -0.904. The molecule has 0 aliphatic rings. The lowest BCUT2D eigenvalue weighted by atomic mass is 9.82. The van der Waals surface area contributed by atoms with E-state index in [2.05, 4.69) is 96.4 Å². The SMILES string of the molecule is CC(C)CC(c1ccc(OCCOCC[N+](C)(C)Cc2ccccc2)cc1)C(C)C. The van der Waals surface area contributed by atoms with Crippen LogP contribution < -0.4 is 4.74 Å². The van der Waals surface area contributed by atoms with Crippen LogP contribution in [0.25, 0.3) is 0 Å². The molecule has 0 aliphatic carbocycles. The first-order valence-corrected chi connectivity index (χ1v) is 11.4. The van der Waals surface area contributed by atoms with E-state index in [4.69, 9.17) is 9.47 Å². The smallest absolute Gasteiger partial charge is 0.119 e. The fourth-order valence-electron chi connectivity index (χ4n) is 3.90. The van der Waals surface area contributed by atoms with Crippen molar-refractivity contribution < 1.29 is 14.0 Å². The summed E-state index contributed by atoms with van der Waals surface area (Å²) in [5.74, 6) is 2.90. The maximum absolute atomic E-state index is 5.88. The van der Waals surface area contributed by atoms with Gasteiger partial charge in [0.1, 0.15) is 25.4 Å². The molecular weight excluding hydrogens is 370 g/mol. The topological polar surface area (TPSA) is 18.5 Å². The Kier molecular flexibility index (Phi) is 9.87. The number of benzene rings is 2. The normalized spacial score (nSPS) is 13.1. The van der Waals surface area contributed by atoms with Gasteiger partial charge < -0.3 is 14.0 Å². The number of quaternary nitrogens is 1. The number of rotatable bonds is 13. The van der Waals surface area contributed by atoms with Gasteiger partial charge >= 0.3 is 0 Å². The minimum absolute atomic E-state index is 0.588. The zero-order chi connectivity index (χ0) is 22.0. The Balaban J connectivity index is 1.68. The van der Waals surface area contributed by atoms with Crippen molar-refractivity contribution in [3.63, 3.8) is 0 Å². The standard InChI is InChI=1S/C27H42NO2/c1-22(2)20-27(23(3)4)25-12-14-26(15-13-25)30-19-18-29-17-16-28(5,6)21-24-10-8-7-9-11-24/h7-15,22-23,27H,16-21H2,1-6H3/q+1. The van der Waals surface area contributed by atoms with Gasteiger partial charge in [-0.2, -0.15) is 0 Å². The summed E-state index contributed by atoms with van der Waals surface area (Å²) in [7, 11) is 4.50. The van der Waals surface area contributed by atoms with Crippen LogP contribution >= 0.6 is 0 Å². The summed E-state index contributed by atoms with van der Waals surface area (Å²) in [6.45, 7) is 13.2. The summed E-state index contributed by atoms with van der Waals surface area (Å²) in [5, 5.41) is 0. The fourth-order valence-corrected chi connectivity index (χ4v) is 3.90. The van der Waals surface area contributed by atoms with E-state index in [1.807, 2.05) is 0 Å². The van der Waals surface area contributed by atoms with Crippen molar-refractivity contribution in [1.82, 2.24) is 0 Å². The van der Waals surface area contributed by atoms with Crippen LogP contribution in [0, 0.1) is 11.8 Å². The maximum Gasteiger partial charge on any atom is 0.119 e. The van der Waals surface area contributed by atoms with E-state index in [1.54, 1.807) is 0 Å². The second-order valence-electron chi connectivity index (χ2n) is 9.81. The molecule has 0 saturated carbocycles. The molecule has 166 valence electrons. The zero-order valence-electron chi connectivity index (χ0n) is 19.9. The van der Waals surface area contributed by atoms with Gasteiger partial charge in [0.2, 0.25) is 0 Å². The summed E-state index contributed by atoms with van der Waals surface area (Å²) in [6, 6.07) is 19.3. The second kappa shape index (κ2) is 12.1. The minimum atomic E-state index is 0.588. The highest BCUT2D eigenvalue weighted by Gasteiger charge is 2.17. The maximum atomic E-state index is 5.88. The molecule has 0 radical (unpaired) electrons. The van der Waals surface area contributed by atoms with Gasteiger partial charge in [-0.25, -0.2) is 0 Å². The molecule has 2 rings (SSSR count). The molecule has 0 spiro atoms. The third kappa shape index (κ3) is 8.89. The van der Waals surface area contributed by atoms with Crippen LogP contribution in [0.4, 0.5) is 0 Å². The Morgan fingerprint density at radius 2 is 1.47 bits per heavy atom. The highest BCUT2D eigenvalue weighted by molar-refractivity contribution is 5.29. The monoisotopic (exact) mass is 412 g/mol. The quantitative estimate of drug-likeness (QED) is 0.290. The predicted octanol–water partition coefficient (Wildman–Crippen LogP) is 6.14. The van der Waals surface area contributed by atoms with Gasteiger partial charge in [0.25, 0.3) is 0 Å². The molecular formula is C27H42NO2+. The zero-order valence-corrected chi connectivity index (χ0v) is 19.9. The highest BCUT2D eigenvalue weighted by Crippen LogP contribution is 2.31. The largest absolute Gasteiger partial charge is 0.491 e. The lowest BCUT2D eigenvalue weighted by Crippen LogP contribution is -2.41. The average molecular weight is 413 g/mol. The summed E-state index contributed by atoms with van der Waals surface area (Å²) in [6.07, 6.45) is 1.23. The summed E-state index contributed by atoms with van der Waals surface area (Å²) in [4.78, 5) is 0. The molecule has 30 heavy (non-hydrogen) atoms. The molecule has 0 amide bonds. The van der Waals surface area contributed by atoms with Crippen LogP contribution in [0.15, 0.2) is 54.6 Å². The van der Waals surface area contributed by atoms with E-state index >= 15 is 0 Å². The van der Waals surface area contributed by atoms with E-state index < -0.39 is 0 Å². The first kappa shape index (κ1) is 24.4. The second-order valence-corrected chi connectivity index (χ2v) is 9.81. The highest BCUT2D eigenvalue weighted by atomic mass is 16.5. The Morgan fingerprint density at radius 1 is 0.800 bits per heavy atom. The Hall–Kier alpha value is -1.84. The Bertz CT molecular complexity index is 707. The molecule has 3 nitrogen and oxygen atoms in total. The van der Waals surface area contributed by atoms with Crippen LogP contribution in [0.5, 0.6) is 5.75 Å². The minimum Gasteiger partial charge on any atom is -0.491 e. The predicted molar refractivity (Wildman–Crippen MR) is 127 cm³/mol. The number of nitrogens with zero attached hydrogens (tertiary/aromatic N) is 1. The van der Waals surface area contributed by atoms with Gasteiger partial charge in [-0.15, -0.1) is 0 Å². The lowest BCUT2D eigenvalue weighted by Gasteiger charge is -2.29. The van der Waals surface area contributed by atoms with Crippen LogP contribution in [-0.2, 0) is 11.3 Å². The van der Waals surface area contributed by atoms with E-state index in [9.17, 15) is 0 Å². The molecule has 0 fully saturated rings. The molecule has 1 unspecified atom stereocenters. The van der Waals surface area contributed by atoms with Crippen molar-refractivity contribution in [2.75, 3.05) is 40.5 Å². The van der Waals surface area contributed by atoms with Crippen molar-refractivity contribution in [2.45, 2.75) is 46.6 Å². The average Bonchev–Trinajstić information content (AvgIpc) is 2.69. The van der Waals surface area contributed by atoms with Crippen LogP contribution in [0.3, 0.4) is 0 Å². The first-order chi connectivity index (χ1) is 14.3. The summed E-state index contributed by atoms with van der Waals surface area (Å²) in [5.41, 5.74) is 2.78. The fraction of sp³-hybridized carbons (Fsp3) is 0.556. The van der Waals surface area contributed by atoms with Gasteiger partial charge in [0, 0.05) is 5.56 Å². The Labute approximate surface area is 184 Å². The van der Waals surface area contributed by atoms with Crippen LogP contribution in [0.2, 0.25) is 0 Å². The van der Waals surface area contributed by atoms with E-state index in [0.29, 0.717) is 31.0 Å². The third-order valence-electron chi connectivity index (χ3n) is 5.63. The molecule has 0 aliphatic heterocycles. The van der Waals surface area contributed by atoms with Crippen molar-refractivity contribution >= 4 is 0 Å². The van der Waals surface area contributed by atoms with Crippen molar-refractivity contribution in [3.05, 3.63) is 65.7 Å². The Morgan fingerprint density at radius 3 is 2.07 bits per heavy atom. The third-order valence-corrected chi connectivity index (χ3v) is 5.63. The van der Waals surface area contributed by atoms with Crippen molar-refractivity contribution in [1.29, 1.82) is 0 Å². The molecule has 0 saturated heterocycles. The van der Waals surface area contributed by atoms with E-state index in [1.165, 1.54) is 17.5 Å². The van der Waals surface area contributed by atoms with Crippen molar-refractivity contribution in [2.24, 2.45) is 11.8 Å². The number of hydrogen-bond donors (Lipinski definition) is 0. The molecule has 2 aromatic rings. The molecule has 3 heteroatoms. The first-order valence-electron chi connectivity index (χ1n) is 11.4. The molecule has 0 N–H and O–H groups in total. The van der Waals surface area contributed by atoms with Gasteiger partial charge in [-0.3, -0.25) is 0 Å². The van der Waals surface area contributed by atoms with E-state index in [0.717, 1.165) is 29.9 Å². The van der Waals surface area contributed by atoms with Crippen LogP contribution in [-0.4, -0.2) is 44.9 Å². The van der Waals surface area contributed by atoms with E-state index in [-0.39, 0.29) is 0 Å².